The van der Waals surface area contributed by atoms with Crippen molar-refractivity contribution in [1.82, 2.24) is 9.97 Å². The quantitative estimate of drug-likeness (QED) is 0.768. The Morgan fingerprint density at radius 1 is 1.57 bits per heavy atom. The maximum absolute atomic E-state index is 11.2. The molecule has 0 fully saturated rings. The fourth-order valence-electron chi connectivity index (χ4n) is 1.30. The van der Waals surface area contributed by atoms with Gasteiger partial charge in [-0.05, 0) is 19.1 Å². The van der Waals surface area contributed by atoms with E-state index in [9.17, 15) is 4.79 Å². The minimum Gasteiger partial charge on any atom is -0.359 e. The van der Waals surface area contributed by atoms with Crippen molar-refractivity contribution in [3.63, 3.8) is 0 Å². The van der Waals surface area contributed by atoms with E-state index in [1.54, 1.807) is 6.92 Å². The van der Waals surface area contributed by atoms with Gasteiger partial charge >= 0.3 is 0 Å². The highest BCUT2D eigenvalue weighted by Crippen LogP contribution is 2.26. The number of aromatic nitrogens is 2. The number of thiazole rings is 1. The van der Waals surface area contributed by atoms with Crippen LogP contribution in [0.25, 0.3) is 10.7 Å². The van der Waals surface area contributed by atoms with E-state index in [4.69, 9.17) is 0 Å². The van der Waals surface area contributed by atoms with Crippen molar-refractivity contribution in [1.29, 1.82) is 0 Å². The number of hydrogen-bond donors (Lipinski definition) is 1. The summed E-state index contributed by atoms with van der Waals surface area (Å²) >= 11 is 1.43. The van der Waals surface area contributed by atoms with Crippen LogP contribution in [0.2, 0.25) is 0 Å². The van der Waals surface area contributed by atoms with Crippen molar-refractivity contribution in [2.45, 2.75) is 13.8 Å². The first-order valence-corrected chi connectivity index (χ1v) is 5.12. The molecule has 0 aliphatic carbocycles. The van der Waals surface area contributed by atoms with Crippen molar-refractivity contribution in [2.75, 3.05) is 0 Å². The van der Waals surface area contributed by atoms with Crippen LogP contribution in [0.3, 0.4) is 0 Å². The van der Waals surface area contributed by atoms with Crippen LogP contribution in [-0.4, -0.2) is 15.8 Å². The lowest BCUT2D eigenvalue weighted by Crippen LogP contribution is -1.89. The van der Waals surface area contributed by atoms with Crippen molar-refractivity contribution in [3.05, 3.63) is 28.9 Å². The molecule has 2 aromatic heterocycles. The van der Waals surface area contributed by atoms with E-state index in [0.717, 1.165) is 21.3 Å². The fraction of sp³-hybridized carbons (Fsp3) is 0.200. The summed E-state index contributed by atoms with van der Waals surface area (Å²) in [5, 5.41) is 0.873. The number of hydrogen-bond acceptors (Lipinski definition) is 3. The molecule has 0 saturated carbocycles. The van der Waals surface area contributed by atoms with E-state index in [2.05, 4.69) is 9.97 Å². The summed E-state index contributed by atoms with van der Waals surface area (Å²) in [6.07, 6.45) is 1.85. The van der Waals surface area contributed by atoms with Crippen molar-refractivity contribution >= 4 is 17.1 Å². The molecule has 0 aliphatic heterocycles. The Balaban J connectivity index is 2.48. The zero-order valence-corrected chi connectivity index (χ0v) is 8.81. The first kappa shape index (κ1) is 9.15. The third-order valence-corrected chi connectivity index (χ3v) is 3.24. The number of carbonyl (C=O) groups is 1. The Morgan fingerprint density at radius 3 is 2.86 bits per heavy atom. The van der Waals surface area contributed by atoms with Crippen LogP contribution in [0.15, 0.2) is 18.3 Å². The number of nitrogens with one attached hydrogen (secondary N) is 1. The number of rotatable bonds is 2. The molecular weight excluding hydrogens is 196 g/mol. The van der Waals surface area contributed by atoms with E-state index in [1.165, 1.54) is 11.3 Å². The predicted molar refractivity (Wildman–Crippen MR) is 56.6 cm³/mol. The van der Waals surface area contributed by atoms with Crippen LogP contribution in [-0.2, 0) is 0 Å². The topological polar surface area (TPSA) is 45.8 Å². The molecule has 2 rings (SSSR count). The summed E-state index contributed by atoms with van der Waals surface area (Å²) in [6, 6.07) is 3.86. The van der Waals surface area contributed by atoms with Gasteiger partial charge < -0.3 is 4.98 Å². The van der Waals surface area contributed by atoms with Gasteiger partial charge in [0.1, 0.15) is 5.01 Å². The molecule has 0 spiro atoms. The smallest absolute Gasteiger partial charge is 0.171 e. The Morgan fingerprint density at radius 2 is 2.36 bits per heavy atom. The molecule has 0 bridgehead atoms. The van der Waals surface area contributed by atoms with Crippen LogP contribution in [0.1, 0.15) is 22.3 Å². The van der Waals surface area contributed by atoms with Crippen LogP contribution in [0.5, 0.6) is 0 Å². The number of H-pyrrole nitrogens is 1. The Hall–Kier alpha value is -1.42. The van der Waals surface area contributed by atoms with Crippen molar-refractivity contribution < 1.29 is 4.79 Å². The minimum absolute atomic E-state index is 0.0813. The molecule has 2 heterocycles. The summed E-state index contributed by atoms with van der Waals surface area (Å²) in [5.74, 6) is 0.0813. The molecule has 0 radical (unpaired) electrons. The molecule has 72 valence electrons. The first-order chi connectivity index (χ1) is 6.68. The lowest BCUT2D eigenvalue weighted by atomic mass is 10.3. The molecule has 1 N–H and O–H groups in total. The van der Waals surface area contributed by atoms with Crippen molar-refractivity contribution in [2.24, 2.45) is 0 Å². The maximum Gasteiger partial charge on any atom is 0.171 e. The Kier molecular flexibility index (Phi) is 2.21. The molecule has 0 saturated heterocycles. The molecule has 0 amide bonds. The average Bonchev–Trinajstić information content (AvgIpc) is 2.70. The second-order valence-corrected chi connectivity index (χ2v) is 4.07. The molecule has 2 aromatic rings. The minimum atomic E-state index is 0.0813. The summed E-state index contributed by atoms with van der Waals surface area (Å²) in [4.78, 5) is 19.4. The van der Waals surface area contributed by atoms with Gasteiger partial charge in [-0.25, -0.2) is 4.98 Å². The summed E-state index contributed by atoms with van der Waals surface area (Å²) in [7, 11) is 0. The number of ketones is 1. The molecule has 0 aliphatic rings. The highest BCUT2D eigenvalue weighted by atomic mass is 32.1. The number of carbonyl (C=O) groups excluding carboxylic acids is 1. The number of Topliss-reactive ketones (excluding diaryl/α,β-unsaturated/α-hetero) is 1. The summed E-state index contributed by atoms with van der Waals surface area (Å²) < 4.78 is 0. The average molecular weight is 206 g/mol. The second kappa shape index (κ2) is 3.38. The second-order valence-electron chi connectivity index (χ2n) is 3.07. The first-order valence-electron chi connectivity index (χ1n) is 4.30. The Bertz CT molecular complexity index is 456. The van der Waals surface area contributed by atoms with Gasteiger partial charge in [-0.15, -0.1) is 11.3 Å². The van der Waals surface area contributed by atoms with E-state index in [0.29, 0.717) is 0 Å². The largest absolute Gasteiger partial charge is 0.359 e. The molecule has 0 aromatic carbocycles. The zero-order valence-electron chi connectivity index (χ0n) is 8.00. The number of nitrogens with zero attached hydrogens (tertiary/aromatic N) is 1. The summed E-state index contributed by atoms with van der Waals surface area (Å²) in [6.45, 7) is 3.43. The highest BCUT2D eigenvalue weighted by molar-refractivity contribution is 7.17. The normalized spacial score (nSPS) is 10.4. The molecule has 14 heavy (non-hydrogen) atoms. The highest BCUT2D eigenvalue weighted by Gasteiger charge is 2.12. The van der Waals surface area contributed by atoms with Gasteiger partial charge in [0.2, 0.25) is 0 Å². The van der Waals surface area contributed by atoms with Crippen LogP contribution >= 0.6 is 11.3 Å². The lowest BCUT2D eigenvalue weighted by molar-refractivity contribution is 0.102. The zero-order chi connectivity index (χ0) is 10.1. The maximum atomic E-state index is 11.2. The van der Waals surface area contributed by atoms with Crippen molar-refractivity contribution in [3.8, 4) is 10.7 Å². The third kappa shape index (κ3) is 1.48. The van der Waals surface area contributed by atoms with E-state index >= 15 is 0 Å². The van der Waals surface area contributed by atoms with Crippen LogP contribution < -0.4 is 0 Å². The fourth-order valence-corrected chi connectivity index (χ4v) is 2.25. The monoisotopic (exact) mass is 206 g/mol. The van der Waals surface area contributed by atoms with E-state index < -0.39 is 0 Å². The standard InChI is InChI=1S/C10H10N2OS/c1-6-9(7(2)13)14-10(12-6)8-4-3-5-11-8/h3-5,11H,1-2H3. The van der Waals surface area contributed by atoms with Gasteiger partial charge in [-0.2, -0.15) is 0 Å². The Labute approximate surface area is 85.8 Å². The van der Waals surface area contributed by atoms with Gasteiger partial charge in [0.05, 0.1) is 16.3 Å². The molecule has 0 atom stereocenters. The molecule has 0 unspecified atom stereocenters. The van der Waals surface area contributed by atoms with Gasteiger partial charge in [-0.1, -0.05) is 0 Å². The van der Waals surface area contributed by atoms with Gasteiger partial charge in [0, 0.05) is 13.1 Å². The summed E-state index contributed by atoms with van der Waals surface area (Å²) in [5.41, 5.74) is 1.78. The van der Waals surface area contributed by atoms with E-state index in [-0.39, 0.29) is 5.78 Å². The lowest BCUT2D eigenvalue weighted by Gasteiger charge is -1.86. The predicted octanol–water partition coefficient (Wildman–Crippen LogP) is 2.65. The number of aromatic amines is 1. The van der Waals surface area contributed by atoms with Crippen LogP contribution in [0.4, 0.5) is 0 Å². The van der Waals surface area contributed by atoms with Gasteiger partial charge in [0.25, 0.3) is 0 Å². The van der Waals surface area contributed by atoms with E-state index in [1.807, 2.05) is 25.3 Å². The van der Waals surface area contributed by atoms with Crippen LogP contribution in [0, 0.1) is 6.92 Å². The molecular formula is C10H10N2OS. The molecule has 3 nitrogen and oxygen atoms in total. The third-order valence-electron chi connectivity index (χ3n) is 1.94. The van der Waals surface area contributed by atoms with Gasteiger partial charge in [-0.3, -0.25) is 4.79 Å². The molecule has 4 heteroatoms. The van der Waals surface area contributed by atoms with Gasteiger partial charge in [0.15, 0.2) is 5.78 Å². The SMILES string of the molecule is CC(=O)c1sc(-c2ccc[nH]2)nc1C. The number of aryl methyl sites for hydroxylation is 1.